The first kappa shape index (κ1) is 12.2. The molecule has 1 heterocycles. The summed E-state index contributed by atoms with van der Waals surface area (Å²) in [6, 6.07) is 0. The Morgan fingerprint density at radius 3 is 2.73 bits per heavy atom. The number of unbranched alkanes of at least 4 members (excludes halogenated alkanes) is 2. The van der Waals surface area contributed by atoms with E-state index in [4.69, 9.17) is 0 Å². The van der Waals surface area contributed by atoms with Gasteiger partial charge in [-0.1, -0.05) is 26.2 Å². The van der Waals surface area contributed by atoms with Gasteiger partial charge in [-0.25, -0.2) is 0 Å². The smallest absolute Gasteiger partial charge is 0.221 e. The Labute approximate surface area is 91.6 Å². The first-order valence-electron chi connectivity index (χ1n) is 5.88. The molecule has 0 spiro atoms. The van der Waals surface area contributed by atoms with Crippen LogP contribution in [-0.2, 0) is 9.59 Å². The van der Waals surface area contributed by atoms with Crippen LogP contribution in [0.3, 0.4) is 0 Å². The summed E-state index contributed by atoms with van der Waals surface area (Å²) in [7, 11) is 0. The maximum absolute atomic E-state index is 11.7. The van der Waals surface area contributed by atoms with E-state index in [1.54, 1.807) is 6.92 Å². The molecule has 1 fully saturated rings. The van der Waals surface area contributed by atoms with Crippen molar-refractivity contribution in [1.29, 1.82) is 0 Å². The Kier molecular flexibility index (Phi) is 4.30. The number of piperidine rings is 1. The fraction of sp³-hybridized carbons (Fsp3) is 0.833. The molecule has 0 radical (unpaired) electrons. The van der Waals surface area contributed by atoms with Crippen molar-refractivity contribution < 1.29 is 9.59 Å². The summed E-state index contributed by atoms with van der Waals surface area (Å²) in [5.74, 6) is 0.224. The number of ketones is 1. The number of carbonyl (C=O) groups excluding carboxylic acids is 2. The average molecular weight is 211 g/mol. The van der Waals surface area contributed by atoms with Crippen molar-refractivity contribution in [2.45, 2.75) is 52.4 Å². The highest BCUT2D eigenvalue weighted by atomic mass is 16.2. The molecule has 0 aromatic heterocycles. The molecular formula is C12H21NO2. The molecule has 3 heteroatoms. The normalized spacial score (nSPS) is 26.1. The molecule has 1 unspecified atom stereocenters. The van der Waals surface area contributed by atoms with E-state index in [1.165, 1.54) is 0 Å². The number of carbonyl (C=O) groups is 2. The van der Waals surface area contributed by atoms with Crippen molar-refractivity contribution in [2.24, 2.45) is 5.41 Å². The van der Waals surface area contributed by atoms with Crippen molar-refractivity contribution in [1.82, 2.24) is 5.32 Å². The largest absolute Gasteiger partial charge is 0.356 e. The van der Waals surface area contributed by atoms with Gasteiger partial charge in [0.25, 0.3) is 0 Å². The van der Waals surface area contributed by atoms with Gasteiger partial charge in [0.1, 0.15) is 5.78 Å². The van der Waals surface area contributed by atoms with E-state index in [1.807, 2.05) is 0 Å². The molecule has 1 saturated heterocycles. The lowest BCUT2D eigenvalue weighted by atomic mass is 9.72. The van der Waals surface area contributed by atoms with Gasteiger partial charge in [0, 0.05) is 18.4 Å². The van der Waals surface area contributed by atoms with Crippen molar-refractivity contribution in [3.63, 3.8) is 0 Å². The van der Waals surface area contributed by atoms with E-state index in [-0.39, 0.29) is 17.1 Å². The van der Waals surface area contributed by atoms with E-state index < -0.39 is 0 Å². The maximum Gasteiger partial charge on any atom is 0.221 e. The molecule has 1 atom stereocenters. The first-order chi connectivity index (χ1) is 7.10. The van der Waals surface area contributed by atoms with Crippen LogP contribution < -0.4 is 5.32 Å². The van der Waals surface area contributed by atoms with E-state index in [9.17, 15) is 9.59 Å². The standard InChI is InChI=1S/C12H21NO2/c1-3-4-5-6-12(10(2)14)7-8-13-11(15)9-12/h3-9H2,1-2H3,(H,13,15). The predicted octanol–water partition coefficient (Wildman–Crippen LogP) is 2.05. The zero-order valence-electron chi connectivity index (χ0n) is 9.77. The third kappa shape index (κ3) is 3.05. The Morgan fingerprint density at radius 2 is 2.20 bits per heavy atom. The quantitative estimate of drug-likeness (QED) is 0.707. The van der Waals surface area contributed by atoms with Gasteiger partial charge in [-0.15, -0.1) is 0 Å². The minimum Gasteiger partial charge on any atom is -0.356 e. The minimum absolute atomic E-state index is 0.0351. The highest BCUT2D eigenvalue weighted by Gasteiger charge is 2.39. The zero-order chi connectivity index (χ0) is 11.3. The lowest BCUT2D eigenvalue weighted by Gasteiger charge is -2.34. The second-order valence-electron chi connectivity index (χ2n) is 4.57. The van der Waals surface area contributed by atoms with Gasteiger partial charge in [-0.3, -0.25) is 9.59 Å². The number of hydrogen-bond acceptors (Lipinski definition) is 2. The number of nitrogens with one attached hydrogen (secondary N) is 1. The number of Topliss-reactive ketones (excluding diaryl/α,β-unsaturated/α-hetero) is 1. The maximum atomic E-state index is 11.7. The van der Waals surface area contributed by atoms with Gasteiger partial charge in [0.05, 0.1) is 0 Å². The summed E-state index contributed by atoms with van der Waals surface area (Å²) in [6.45, 7) is 4.43. The van der Waals surface area contributed by atoms with E-state index >= 15 is 0 Å². The molecule has 1 aliphatic heterocycles. The Balaban J connectivity index is 2.61. The van der Waals surface area contributed by atoms with E-state index in [0.29, 0.717) is 13.0 Å². The molecule has 1 rings (SSSR count). The predicted molar refractivity (Wildman–Crippen MR) is 59.5 cm³/mol. The van der Waals surface area contributed by atoms with Crippen LogP contribution in [0.4, 0.5) is 0 Å². The average Bonchev–Trinajstić information content (AvgIpc) is 2.18. The van der Waals surface area contributed by atoms with Gasteiger partial charge in [-0.05, 0) is 19.8 Å². The highest BCUT2D eigenvalue weighted by molar-refractivity contribution is 5.89. The van der Waals surface area contributed by atoms with E-state index in [0.717, 1.165) is 32.1 Å². The lowest BCUT2D eigenvalue weighted by molar-refractivity contribution is -0.137. The molecule has 0 aromatic carbocycles. The Hall–Kier alpha value is -0.860. The Morgan fingerprint density at radius 1 is 1.47 bits per heavy atom. The molecule has 0 aromatic rings. The fourth-order valence-corrected chi connectivity index (χ4v) is 2.30. The van der Waals surface area contributed by atoms with Gasteiger partial charge in [0.2, 0.25) is 5.91 Å². The molecule has 1 amide bonds. The summed E-state index contributed by atoms with van der Waals surface area (Å²) in [5, 5.41) is 2.79. The third-order valence-corrected chi connectivity index (χ3v) is 3.43. The van der Waals surface area contributed by atoms with Crippen molar-refractivity contribution in [3.05, 3.63) is 0 Å². The van der Waals surface area contributed by atoms with Crippen LogP contribution in [0, 0.1) is 5.41 Å². The van der Waals surface area contributed by atoms with Crippen molar-refractivity contribution in [3.8, 4) is 0 Å². The van der Waals surface area contributed by atoms with Crippen LogP contribution in [-0.4, -0.2) is 18.2 Å². The number of hydrogen-bond donors (Lipinski definition) is 1. The Bertz CT molecular complexity index is 250. The molecular weight excluding hydrogens is 190 g/mol. The second kappa shape index (κ2) is 5.29. The molecule has 0 bridgehead atoms. The summed E-state index contributed by atoms with van der Waals surface area (Å²) >= 11 is 0. The number of amides is 1. The van der Waals surface area contributed by atoms with Crippen molar-refractivity contribution in [2.75, 3.05) is 6.54 Å². The summed E-state index contributed by atoms with van der Waals surface area (Å²) in [6.07, 6.45) is 5.45. The fourth-order valence-electron chi connectivity index (χ4n) is 2.30. The van der Waals surface area contributed by atoms with E-state index in [2.05, 4.69) is 12.2 Å². The van der Waals surface area contributed by atoms with Crippen LogP contribution in [0.5, 0.6) is 0 Å². The van der Waals surface area contributed by atoms with Crippen LogP contribution in [0.2, 0.25) is 0 Å². The molecule has 3 nitrogen and oxygen atoms in total. The molecule has 86 valence electrons. The van der Waals surface area contributed by atoms with Gasteiger partial charge < -0.3 is 5.32 Å². The summed E-state index contributed by atoms with van der Waals surface area (Å²) in [5.41, 5.74) is -0.350. The van der Waals surface area contributed by atoms with Crippen LogP contribution in [0.15, 0.2) is 0 Å². The van der Waals surface area contributed by atoms with Crippen LogP contribution in [0.25, 0.3) is 0 Å². The van der Waals surface area contributed by atoms with Gasteiger partial charge in [0.15, 0.2) is 0 Å². The molecule has 0 saturated carbocycles. The number of rotatable bonds is 5. The lowest BCUT2D eigenvalue weighted by Crippen LogP contribution is -2.44. The minimum atomic E-state index is -0.350. The molecule has 0 aliphatic carbocycles. The molecule has 1 aliphatic rings. The molecule has 1 N–H and O–H groups in total. The third-order valence-electron chi connectivity index (χ3n) is 3.43. The first-order valence-corrected chi connectivity index (χ1v) is 5.88. The van der Waals surface area contributed by atoms with Crippen molar-refractivity contribution >= 4 is 11.7 Å². The highest BCUT2D eigenvalue weighted by Crippen LogP contribution is 2.35. The van der Waals surface area contributed by atoms with Crippen LogP contribution in [0.1, 0.15) is 52.4 Å². The summed E-state index contributed by atoms with van der Waals surface area (Å²) in [4.78, 5) is 23.0. The zero-order valence-corrected chi connectivity index (χ0v) is 9.77. The SMILES string of the molecule is CCCCCC1(C(C)=O)CCNC(=O)C1. The van der Waals surface area contributed by atoms with Gasteiger partial charge >= 0.3 is 0 Å². The molecule has 15 heavy (non-hydrogen) atoms. The second-order valence-corrected chi connectivity index (χ2v) is 4.57. The van der Waals surface area contributed by atoms with Gasteiger partial charge in [-0.2, -0.15) is 0 Å². The monoisotopic (exact) mass is 211 g/mol. The van der Waals surface area contributed by atoms with Crippen LogP contribution >= 0.6 is 0 Å². The topological polar surface area (TPSA) is 46.2 Å². The summed E-state index contributed by atoms with van der Waals surface area (Å²) < 4.78 is 0.